The lowest BCUT2D eigenvalue weighted by atomic mass is 9.65. The number of nitrogens with two attached hydrogens (primary N) is 1. The van der Waals surface area contributed by atoms with E-state index >= 15 is 0 Å². The number of carbonyl (C=O) groups is 1. The second kappa shape index (κ2) is 7.17. The molecule has 0 aliphatic heterocycles. The molecule has 0 heterocycles. The number of benzene rings is 2. The number of hydrogen-bond donors (Lipinski definition) is 2. The van der Waals surface area contributed by atoms with Crippen LogP contribution in [0.2, 0.25) is 0 Å². The lowest BCUT2D eigenvalue weighted by Crippen LogP contribution is -2.49. The Morgan fingerprint density at radius 3 is 2.56 bits per heavy atom. The van der Waals surface area contributed by atoms with E-state index in [9.17, 15) is 4.79 Å². The summed E-state index contributed by atoms with van der Waals surface area (Å²) in [6.45, 7) is 0.713. The first-order valence-corrected chi connectivity index (χ1v) is 9.72. The molecule has 2 saturated carbocycles. The van der Waals surface area contributed by atoms with E-state index in [4.69, 9.17) is 5.73 Å². The highest BCUT2D eigenvalue weighted by molar-refractivity contribution is 5.85. The smallest absolute Gasteiger partial charge is 0.223 e. The van der Waals surface area contributed by atoms with Crippen LogP contribution >= 0.6 is 0 Å². The Kier molecular flexibility index (Phi) is 4.76. The first-order chi connectivity index (χ1) is 12.2. The molecule has 1 amide bonds. The summed E-state index contributed by atoms with van der Waals surface area (Å²) in [6, 6.07) is 15.2. The van der Waals surface area contributed by atoms with Crippen LogP contribution in [0.3, 0.4) is 0 Å². The highest BCUT2D eigenvalue weighted by atomic mass is 16.1. The summed E-state index contributed by atoms with van der Waals surface area (Å²) in [6.07, 6.45) is 6.55. The summed E-state index contributed by atoms with van der Waals surface area (Å²) in [5.41, 5.74) is 7.65. The molecule has 2 aromatic rings. The summed E-state index contributed by atoms with van der Waals surface area (Å²) in [5, 5.41) is 5.74. The Balaban J connectivity index is 1.35. The second-order valence-corrected chi connectivity index (χ2v) is 7.88. The monoisotopic (exact) mass is 336 g/mol. The molecule has 2 aliphatic rings. The van der Waals surface area contributed by atoms with Crippen molar-refractivity contribution in [2.75, 3.05) is 6.54 Å². The van der Waals surface area contributed by atoms with Gasteiger partial charge in [-0.15, -0.1) is 0 Å². The van der Waals surface area contributed by atoms with E-state index in [1.165, 1.54) is 35.6 Å². The molecule has 0 aromatic heterocycles. The predicted molar refractivity (Wildman–Crippen MR) is 102 cm³/mol. The molecule has 25 heavy (non-hydrogen) atoms. The number of carbonyl (C=O) groups excluding carboxylic acids is 1. The fourth-order valence-corrected chi connectivity index (χ4v) is 4.98. The zero-order valence-corrected chi connectivity index (χ0v) is 14.8. The molecule has 0 spiro atoms. The topological polar surface area (TPSA) is 55.1 Å². The van der Waals surface area contributed by atoms with Crippen molar-refractivity contribution >= 4 is 16.7 Å². The van der Waals surface area contributed by atoms with Crippen LogP contribution in [0.5, 0.6) is 0 Å². The molecule has 2 unspecified atom stereocenters. The van der Waals surface area contributed by atoms with Crippen LogP contribution in [0, 0.1) is 17.8 Å². The normalized spacial score (nSPS) is 28.7. The Hall–Kier alpha value is -1.87. The van der Waals surface area contributed by atoms with Gasteiger partial charge in [-0.1, -0.05) is 48.9 Å². The maximum absolute atomic E-state index is 12.6. The number of fused-ring (bicyclic) bond motifs is 3. The van der Waals surface area contributed by atoms with Gasteiger partial charge in [0.15, 0.2) is 0 Å². The van der Waals surface area contributed by atoms with Crippen molar-refractivity contribution in [1.82, 2.24) is 5.32 Å². The van der Waals surface area contributed by atoms with Crippen LogP contribution in [0.1, 0.15) is 37.7 Å². The molecule has 3 N–H and O–H groups in total. The molecule has 2 aliphatic carbocycles. The molecule has 2 bridgehead atoms. The average molecular weight is 336 g/mol. The molecule has 2 fully saturated rings. The third kappa shape index (κ3) is 3.43. The van der Waals surface area contributed by atoms with Gasteiger partial charge in [0.25, 0.3) is 0 Å². The summed E-state index contributed by atoms with van der Waals surface area (Å²) in [5.74, 6) is 1.52. The van der Waals surface area contributed by atoms with Gasteiger partial charge in [0.05, 0.1) is 0 Å². The molecule has 0 radical (unpaired) electrons. The van der Waals surface area contributed by atoms with Crippen molar-refractivity contribution in [2.24, 2.45) is 23.5 Å². The first-order valence-electron chi connectivity index (χ1n) is 9.72. The van der Waals surface area contributed by atoms with E-state index in [0.717, 1.165) is 19.3 Å². The van der Waals surface area contributed by atoms with Crippen LogP contribution < -0.4 is 11.1 Å². The number of rotatable bonds is 4. The van der Waals surface area contributed by atoms with Crippen molar-refractivity contribution < 1.29 is 4.79 Å². The lowest BCUT2D eigenvalue weighted by Gasteiger charge is -2.43. The average Bonchev–Trinajstić information content (AvgIpc) is 2.61. The van der Waals surface area contributed by atoms with Gasteiger partial charge in [-0.3, -0.25) is 4.79 Å². The Morgan fingerprint density at radius 2 is 1.76 bits per heavy atom. The third-order valence-corrected chi connectivity index (χ3v) is 6.36. The minimum absolute atomic E-state index is 0.169. The minimum atomic E-state index is 0.169. The fourth-order valence-electron chi connectivity index (χ4n) is 4.98. The predicted octanol–water partition coefficient (Wildman–Crippen LogP) is 3.65. The van der Waals surface area contributed by atoms with Crippen molar-refractivity contribution in [3.8, 4) is 0 Å². The summed E-state index contributed by atoms with van der Waals surface area (Å²) in [7, 11) is 0. The van der Waals surface area contributed by atoms with Gasteiger partial charge < -0.3 is 11.1 Å². The Morgan fingerprint density at radius 1 is 1.04 bits per heavy atom. The highest BCUT2D eigenvalue weighted by Gasteiger charge is 2.40. The van der Waals surface area contributed by atoms with E-state index in [1.54, 1.807) is 0 Å². The van der Waals surface area contributed by atoms with Crippen molar-refractivity contribution in [3.63, 3.8) is 0 Å². The molecular formula is C22H28N2O. The van der Waals surface area contributed by atoms with Gasteiger partial charge in [-0.25, -0.2) is 0 Å². The zero-order valence-electron chi connectivity index (χ0n) is 14.8. The zero-order chi connectivity index (χ0) is 17.2. The van der Waals surface area contributed by atoms with E-state index in [0.29, 0.717) is 24.4 Å². The van der Waals surface area contributed by atoms with Crippen LogP contribution in [-0.4, -0.2) is 18.5 Å². The van der Waals surface area contributed by atoms with Gasteiger partial charge in [0.2, 0.25) is 5.91 Å². The van der Waals surface area contributed by atoms with E-state index in [1.807, 2.05) is 0 Å². The number of amides is 1. The van der Waals surface area contributed by atoms with Gasteiger partial charge in [-0.05, 0) is 60.3 Å². The Labute approximate surface area is 150 Å². The second-order valence-electron chi connectivity index (χ2n) is 7.88. The Bertz CT molecular complexity index is 737. The standard InChI is InChI=1S/C22H28N2O/c23-21-17-8-4-9-18(21)14-19(13-17)22(25)24-12-11-16-7-3-6-15-5-1-2-10-20(15)16/h1-3,5-7,10,17-19,21H,4,8-9,11-14,23H2,(H,24,25). The molecule has 0 saturated heterocycles. The quantitative estimate of drug-likeness (QED) is 0.895. The maximum Gasteiger partial charge on any atom is 0.223 e. The largest absolute Gasteiger partial charge is 0.356 e. The molecular weight excluding hydrogens is 308 g/mol. The molecule has 3 heteroatoms. The SMILES string of the molecule is NC1C2CCCC1CC(C(=O)NCCc1cccc3ccccc13)C2. The molecule has 3 nitrogen and oxygen atoms in total. The summed E-state index contributed by atoms with van der Waals surface area (Å²) < 4.78 is 0. The molecule has 2 atom stereocenters. The van der Waals surface area contributed by atoms with Gasteiger partial charge >= 0.3 is 0 Å². The third-order valence-electron chi connectivity index (χ3n) is 6.36. The summed E-state index contributed by atoms with van der Waals surface area (Å²) in [4.78, 5) is 12.6. The van der Waals surface area contributed by atoms with Crippen LogP contribution in [0.15, 0.2) is 42.5 Å². The number of nitrogens with one attached hydrogen (secondary N) is 1. The first kappa shape index (κ1) is 16.6. The fraction of sp³-hybridized carbons (Fsp3) is 0.500. The van der Waals surface area contributed by atoms with E-state index in [2.05, 4.69) is 47.8 Å². The van der Waals surface area contributed by atoms with Crippen LogP contribution in [0.4, 0.5) is 0 Å². The minimum Gasteiger partial charge on any atom is -0.356 e. The molecule has 4 rings (SSSR count). The maximum atomic E-state index is 12.6. The van der Waals surface area contributed by atoms with E-state index in [-0.39, 0.29) is 11.8 Å². The van der Waals surface area contributed by atoms with Crippen molar-refractivity contribution in [1.29, 1.82) is 0 Å². The van der Waals surface area contributed by atoms with Gasteiger partial charge in [-0.2, -0.15) is 0 Å². The van der Waals surface area contributed by atoms with Crippen LogP contribution in [-0.2, 0) is 11.2 Å². The van der Waals surface area contributed by atoms with Gasteiger partial charge in [0, 0.05) is 18.5 Å². The van der Waals surface area contributed by atoms with Crippen molar-refractivity contribution in [3.05, 3.63) is 48.0 Å². The molecule has 132 valence electrons. The lowest BCUT2D eigenvalue weighted by molar-refractivity contribution is -0.127. The van der Waals surface area contributed by atoms with E-state index < -0.39 is 0 Å². The van der Waals surface area contributed by atoms with Crippen molar-refractivity contribution in [2.45, 2.75) is 44.6 Å². The number of hydrogen-bond acceptors (Lipinski definition) is 2. The van der Waals surface area contributed by atoms with Crippen LogP contribution in [0.25, 0.3) is 10.8 Å². The molecule has 2 aromatic carbocycles. The van der Waals surface area contributed by atoms with Gasteiger partial charge in [0.1, 0.15) is 0 Å². The summed E-state index contributed by atoms with van der Waals surface area (Å²) >= 11 is 0. The highest BCUT2D eigenvalue weighted by Crippen LogP contribution is 2.41.